The molecule has 0 aliphatic rings. The number of thiophene rings is 1. The number of sulfonamides is 1. The Morgan fingerprint density at radius 3 is 2.68 bits per heavy atom. The maximum absolute atomic E-state index is 12.4. The average Bonchev–Trinajstić information content (AvgIpc) is 2.85. The molecule has 102 valence electrons. The van der Waals surface area contributed by atoms with E-state index in [4.69, 9.17) is 5.73 Å². The van der Waals surface area contributed by atoms with Crippen molar-refractivity contribution in [3.8, 4) is 0 Å². The molecule has 4 nitrogen and oxygen atoms in total. The molecule has 2 aromatic rings. The van der Waals surface area contributed by atoms with Gasteiger partial charge in [-0.05, 0) is 56.5 Å². The third kappa shape index (κ3) is 3.17. The van der Waals surface area contributed by atoms with E-state index in [1.807, 2.05) is 16.8 Å². The van der Waals surface area contributed by atoms with E-state index in [0.29, 0.717) is 16.7 Å². The van der Waals surface area contributed by atoms with Gasteiger partial charge in [-0.3, -0.25) is 0 Å². The molecule has 19 heavy (non-hydrogen) atoms. The number of hydrogen-bond donors (Lipinski definition) is 1. The first-order valence-electron chi connectivity index (χ1n) is 5.43. The number of hydrogen-bond acceptors (Lipinski definition) is 4. The fraction of sp³-hybridized carbons (Fsp3) is 0.167. The number of nitrogens with two attached hydrogens (primary N) is 1. The zero-order valence-electron chi connectivity index (χ0n) is 10.2. The maximum Gasteiger partial charge on any atom is 0.243 e. The van der Waals surface area contributed by atoms with Gasteiger partial charge < -0.3 is 5.73 Å². The number of nitrogen functional groups attached to an aromatic ring is 1. The van der Waals surface area contributed by atoms with Crippen LogP contribution in [0.15, 0.2) is 44.4 Å². The van der Waals surface area contributed by atoms with E-state index in [0.717, 1.165) is 5.56 Å². The fourth-order valence-electron chi connectivity index (χ4n) is 1.59. The summed E-state index contributed by atoms with van der Waals surface area (Å²) in [5, 5.41) is 3.86. The van der Waals surface area contributed by atoms with Crippen LogP contribution in [0.2, 0.25) is 0 Å². The van der Waals surface area contributed by atoms with Gasteiger partial charge in [0.15, 0.2) is 0 Å². The molecular weight excluding hydrogens is 348 g/mol. The fourth-order valence-corrected chi connectivity index (χ4v) is 3.69. The van der Waals surface area contributed by atoms with Crippen molar-refractivity contribution in [3.05, 3.63) is 45.1 Å². The van der Waals surface area contributed by atoms with Crippen molar-refractivity contribution in [2.45, 2.75) is 11.4 Å². The molecule has 0 atom stereocenters. The van der Waals surface area contributed by atoms with Crippen molar-refractivity contribution in [1.82, 2.24) is 4.31 Å². The van der Waals surface area contributed by atoms with Gasteiger partial charge >= 0.3 is 0 Å². The van der Waals surface area contributed by atoms with E-state index >= 15 is 0 Å². The van der Waals surface area contributed by atoms with Gasteiger partial charge in [-0.25, -0.2) is 8.42 Å². The normalized spacial score (nSPS) is 11.9. The van der Waals surface area contributed by atoms with Gasteiger partial charge in [0.1, 0.15) is 0 Å². The molecule has 2 rings (SSSR count). The van der Waals surface area contributed by atoms with Crippen LogP contribution < -0.4 is 5.73 Å². The molecule has 2 N–H and O–H groups in total. The molecule has 0 saturated heterocycles. The second kappa shape index (κ2) is 5.62. The Balaban J connectivity index is 2.28. The Bertz CT molecular complexity index is 669. The van der Waals surface area contributed by atoms with Gasteiger partial charge in [0, 0.05) is 23.8 Å². The SMILES string of the molecule is CN(Cc1ccsc1)S(=O)(=O)c1ccc(Br)c(N)c1. The third-order valence-corrected chi connectivity index (χ3v) is 5.91. The summed E-state index contributed by atoms with van der Waals surface area (Å²) in [6.45, 7) is 0.349. The van der Waals surface area contributed by atoms with E-state index in [9.17, 15) is 8.42 Å². The minimum Gasteiger partial charge on any atom is -0.398 e. The average molecular weight is 361 g/mol. The quantitative estimate of drug-likeness (QED) is 0.852. The molecule has 0 fully saturated rings. The van der Waals surface area contributed by atoms with Crippen molar-refractivity contribution in [3.63, 3.8) is 0 Å². The first kappa shape index (κ1) is 14.5. The van der Waals surface area contributed by atoms with E-state index in [1.165, 1.54) is 10.4 Å². The summed E-state index contributed by atoms with van der Waals surface area (Å²) in [6.07, 6.45) is 0. The van der Waals surface area contributed by atoms with Crippen LogP contribution in [0, 0.1) is 0 Å². The lowest BCUT2D eigenvalue weighted by atomic mass is 10.3. The minimum atomic E-state index is -3.52. The molecule has 0 aliphatic carbocycles. The molecule has 0 saturated carbocycles. The predicted octanol–water partition coefficient (Wildman–Crippen LogP) is 2.91. The molecule has 0 spiro atoms. The van der Waals surface area contributed by atoms with E-state index < -0.39 is 10.0 Å². The molecule has 1 aromatic heterocycles. The van der Waals surface area contributed by atoms with Gasteiger partial charge in [-0.15, -0.1) is 0 Å². The predicted molar refractivity (Wildman–Crippen MR) is 81.5 cm³/mol. The van der Waals surface area contributed by atoms with Crippen LogP contribution >= 0.6 is 27.3 Å². The van der Waals surface area contributed by atoms with Crippen LogP contribution in [0.5, 0.6) is 0 Å². The van der Waals surface area contributed by atoms with Gasteiger partial charge in [-0.2, -0.15) is 15.6 Å². The Morgan fingerprint density at radius 2 is 2.11 bits per heavy atom. The molecule has 1 heterocycles. The van der Waals surface area contributed by atoms with Crippen molar-refractivity contribution in [2.24, 2.45) is 0 Å². The first-order valence-corrected chi connectivity index (χ1v) is 8.61. The van der Waals surface area contributed by atoms with Gasteiger partial charge in [0.25, 0.3) is 0 Å². The minimum absolute atomic E-state index is 0.200. The van der Waals surface area contributed by atoms with Crippen LogP contribution in [-0.4, -0.2) is 19.8 Å². The summed E-state index contributed by atoms with van der Waals surface area (Å²) in [5.74, 6) is 0. The van der Waals surface area contributed by atoms with Gasteiger partial charge in [0.05, 0.1) is 4.90 Å². The van der Waals surface area contributed by atoms with E-state index in [1.54, 1.807) is 30.5 Å². The highest BCUT2D eigenvalue weighted by Gasteiger charge is 2.21. The summed E-state index contributed by atoms with van der Waals surface area (Å²) in [4.78, 5) is 0.200. The molecule has 0 radical (unpaired) electrons. The highest BCUT2D eigenvalue weighted by atomic mass is 79.9. The summed E-state index contributed by atoms with van der Waals surface area (Å²) >= 11 is 4.79. The first-order chi connectivity index (χ1) is 8.91. The molecule has 0 unspecified atom stereocenters. The van der Waals surface area contributed by atoms with Gasteiger partial charge in [-0.1, -0.05) is 0 Å². The van der Waals surface area contributed by atoms with Crippen molar-refractivity contribution in [1.29, 1.82) is 0 Å². The number of benzene rings is 1. The summed E-state index contributed by atoms with van der Waals surface area (Å²) < 4.78 is 26.8. The smallest absolute Gasteiger partial charge is 0.243 e. The lowest BCUT2D eigenvalue weighted by Gasteiger charge is -2.17. The zero-order chi connectivity index (χ0) is 14.0. The number of anilines is 1. The van der Waals surface area contributed by atoms with E-state index in [-0.39, 0.29) is 4.90 Å². The molecule has 1 aromatic carbocycles. The largest absolute Gasteiger partial charge is 0.398 e. The molecule has 0 aliphatic heterocycles. The molecule has 7 heteroatoms. The lowest BCUT2D eigenvalue weighted by Crippen LogP contribution is -2.26. The van der Waals surface area contributed by atoms with Crippen LogP contribution in [0.25, 0.3) is 0 Å². The van der Waals surface area contributed by atoms with Crippen LogP contribution in [0.1, 0.15) is 5.56 Å². The number of nitrogens with zero attached hydrogens (tertiary/aromatic N) is 1. The highest BCUT2D eigenvalue weighted by Crippen LogP contribution is 2.25. The molecular formula is C12H13BrN2O2S2. The van der Waals surface area contributed by atoms with Crippen molar-refractivity contribution >= 4 is 43.0 Å². The van der Waals surface area contributed by atoms with Crippen LogP contribution in [-0.2, 0) is 16.6 Å². The standard InChI is InChI=1S/C12H13BrN2O2S2/c1-15(7-9-4-5-18-8-9)19(16,17)10-2-3-11(13)12(14)6-10/h2-6,8H,7,14H2,1H3. The Kier molecular flexibility index (Phi) is 4.29. The summed E-state index contributed by atoms with van der Waals surface area (Å²) in [7, 11) is -1.96. The zero-order valence-corrected chi connectivity index (χ0v) is 13.4. The van der Waals surface area contributed by atoms with Gasteiger partial charge in [0.2, 0.25) is 10.0 Å². The molecule has 0 bridgehead atoms. The van der Waals surface area contributed by atoms with Crippen molar-refractivity contribution in [2.75, 3.05) is 12.8 Å². The Hall–Kier alpha value is -0.890. The Morgan fingerprint density at radius 1 is 1.37 bits per heavy atom. The van der Waals surface area contributed by atoms with Crippen LogP contribution in [0.4, 0.5) is 5.69 Å². The maximum atomic E-state index is 12.4. The monoisotopic (exact) mass is 360 g/mol. The second-order valence-electron chi connectivity index (χ2n) is 4.08. The highest BCUT2D eigenvalue weighted by molar-refractivity contribution is 9.10. The lowest BCUT2D eigenvalue weighted by molar-refractivity contribution is 0.467. The number of rotatable bonds is 4. The third-order valence-electron chi connectivity index (χ3n) is 2.66. The number of halogens is 1. The topological polar surface area (TPSA) is 63.4 Å². The Labute approximate surface area is 125 Å². The van der Waals surface area contributed by atoms with Crippen LogP contribution in [0.3, 0.4) is 0 Å². The summed E-state index contributed by atoms with van der Waals surface area (Å²) in [6, 6.07) is 6.55. The van der Waals surface area contributed by atoms with Crippen molar-refractivity contribution < 1.29 is 8.42 Å². The summed E-state index contributed by atoms with van der Waals surface area (Å²) in [5.41, 5.74) is 7.11. The van der Waals surface area contributed by atoms with E-state index in [2.05, 4.69) is 15.9 Å². The second-order valence-corrected chi connectivity index (χ2v) is 7.76. The molecule has 0 amide bonds.